The van der Waals surface area contributed by atoms with Crippen molar-refractivity contribution in [2.75, 3.05) is 7.11 Å². The minimum absolute atomic E-state index is 0.863. The Kier molecular flexibility index (Phi) is 6.92. The summed E-state index contributed by atoms with van der Waals surface area (Å²) in [5.41, 5.74) is 2.46. The zero-order valence-corrected chi connectivity index (χ0v) is 14.9. The van der Waals surface area contributed by atoms with Gasteiger partial charge in [-0.05, 0) is 61.3 Å². The molecule has 0 spiro atoms. The van der Waals surface area contributed by atoms with Crippen LogP contribution in [-0.4, -0.2) is 20.2 Å². The molecule has 1 aromatic rings. The predicted molar refractivity (Wildman–Crippen MR) is 94.0 cm³/mol. The van der Waals surface area contributed by atoms with Crippen molar-refractivity contribution < 1.29 is 9.53 Å². The van der Waals surface area contributed by atoms with Crippen LogP contribution in [0, 0.1) is 0 Å². The summed E-state index contributed by atoms with van der Waals surface area (Å²) in [5.74, 6) is 0.863. The molecule has 1 N–H and O–H groups in total. The molecule has 0 aliphatic carbocycles. The summed E-state index contributed by atoms with van der Waals surface area (Å²) >= 11 is 0. The highest BCUT2D eigenvalue weighted by molar-refractivity contribution is 6.79. The fraction of sp³-hybridized carbons (Fsp3) is 0.444. The molecule has 0 heterocycles. The van der Waals surface area contributed by atoms with Crippen LogP contribution in [0.4, 0.5) is 0 Å². The maximum atomic E-state index is 10.6. The Balaban J connectivity index is 3.36. The third kappa shape index (κ3) is 5.18. The molecule has 0 unspecified atom stereocenters. The SMILES string of the molecule is C/C=C\C(=C(/CCCC)c1ccc(OC)cc1)[Si](C)(C)O. The molecule has 3 heteroatoms. The molecule has 1 rings (SSSR count). The van der Waals surface area contributed by atoms with Gasteiger partial charge in [0.15, 0.2) is 0 Å². The van der Waals surface area contributed by atoms with Crippen LogP contribution >= 0.6 is 0 Å². The van der Waals surface area contributed by atoms with E-state index in [2.05, 4.69) is 25.1 Å². The highest BCUT2D eigenvalue weighted by Crippen LogP contribution is 2.31. The van der Waals surface area contributed by atoms with Crippen LogP contribution in [0.1, 0.15) is 38.7 Å². The molecular weight excluding hydrogens is 276 g/mol. The second-order valence-electron chi connectivity index (χ2n) is 5.78. The summed E-state index contributed by atoms with van der Waals surface area (Å²) < 4.78 is 5.23. The van der Waals surface area contributed by atoms with Crippen molar-refractivity contribution >= 4 is 13.9 Å². The smallest absolute Gasteiger partial charge is 0.214 e. The predicted octanol–water partition coefficient (Wildman–Crippen LogP) is 4.95. The number of hydrogen-bond donors (Lipinski definition) is 1. The molecule has 0 saturated carbocycles. The van der Waals surface area contributed by atoms with E-state index in [4.69, 9.17) is 4.74 Å². The molecule has 1 aromatic carbocycles. The van der Waals surface area contributed by atoms with Crippen molar-refractivity contribution in [2.24, 2.45) is 0 Å². The summed E-state index contributed by atoms with van der Waals surface area (Å²) in [5, 5.41) is 1.13. The lowest BCUT2D eigenvalue weighted by atomic mass is 9.99. The number of unbranched alkanes of at least 4 members (excludes halogenated alkanes) is 1. The van der Waals surface area contributed by atoms with Crippen molar-refractivity contribution in [1.82, 2.24) is 0 Å². The third-order valence-corrected chi connectivity index (χ3v) is 5.32. The van der Waals surface area contributed by atoms with Gasteiger partial charge in [0, 0.05) is 0 Å². The number of benzene rings is 1. The van der Waals surface area contributed by atoms with Gasteiger partial charge in [0.1, 0.15) is 5.75 Å². The third-order valence-electron chi connectivity index (χ3n) is 3.54. The lowest BCUT2D eigenvalue weighted by Gasteiger charge is -2.22. The number of hydrogen-bond acceptors (Lipinski definition) is 2. The summed E-state index contributed by atoms with van der Waals surface area (Å²) in [6, 6.07) is 8.15. The van der Waals surface area contributed by atoms with Gasteiger partial charge >= 0.3 is 0 Å². The van der Waals surface area contributed by atoms with Gasteiger partial charge in [-0.3, -0.25) is 0 Å². The lowest BCUT2D eigenvalue weighted by molar-refractivity contribution is 0.415. The number of methoxy groups -OCH3 is 1. The van der Waals surface area contributed by atoms with Crippen LogP contribution in [0.5, 0.6) is 5.75 Å². The Morgan fingerprint density at radius 1 is 1.24 bits per heavy atom. The maximum absolute atomic E-state index is 10.6. The van der Waals surface area contributed by atoms with Crippen LogP contribution in [0.2, 0.25) is 13.1 Å². The Morgan fingerprint density at radius 3 is 2.29 bits per heavy atom. The first kappa shape index (κ1) is 17.7. The van der Waals surface area contributed by atoms with E-state index < -0.39 is 8.32 Å². The van der Waals surface area contributed by atoms with Crippen LogP contribution in [-0.2, 0) is 0 Å². The molecule has 21 heavy (non-hydrogen) atoms. The number of rotatable bonds is 7. The molecule has 0 aromatic heterocycles. The second-order valence-corrected chi connectivity index (χ2v) is 9.44. The molecule has 0 fully saturated rings. The monoisotopic (exact) mass is 304 g/mol. The van der Waals surface area contributed by atoms with Crippen molar-refractivity contribution in [2.45, 2.75) is 46.2 Å². The molecule has 0 radical (unpaired) electrons. The summed E-state index contributed by atoms with van der Waals surface area (Å²) in [6.45, 7) is 8.17. The fourth-order valence-corrected chi connectivity index (χ4v) is 4.00. The quantitative estimate of drug-likeness (QED) is 0.570. The van der Waals surface area contributed by atoms with Crippen LogP contribution in [0.25, 0.3) is 5.57 Å². The molecule has 0 amide bonds. The van der Waals surface area contributed by atoms with Gasteiger partial charge in [0.2, 0.25) is 8.32 Å². The van der Waals surface area contributed by atoms with E-state index in [-0.39, 0.29) is 0 Å². The Labute approximate surface area is 130 Å². The molecule has 0 aliphatic heterocycles. The first-order valence-corrected chi connectivity index (χ1v) is 10.6. The summed E-state index contributed by atoms with van der Waals surface area (Å²) in [4.78, 5) is 10.6. The molecule has 0 bridgehead atoms. The van der Waals surface area contributed by atoms with Crippen LogP contribution in [0.15, 0.2) is 41.6 Å². The van der Waals surface area contributed by atoms with Crippen molar-refractivity contribution in [1.29, 1.82) is 0 Å². The molecule has 0 atom stereocenters. The van der Waals surface area contributed by atoms with Gasteiger partial charge in [-0.25, -0.2) is 0 Å². The number of allylic oxidation sites excluding steroid dienone is 4. The van der Waals surface area contributed by atoms with Crippen molar-refractivity contribution in [3.8, 4) is 5.75 Å². The van der Waals surface area contributed by atoms with E-state index in [0.29, 0.717) is 0 Å². The average molecular weight is 305 g/mol. The molecular formula is C18H28O2Si. The van der Waals surface area contributed by atoms with Crippen molar-refractivity contribution in [3.63, 3.8) is 0 Å². The van der Waals surface area contributed by atoms with Crippen LogP contribution < -0.4 is 4.74 Å². The minimum Gasteiger partial charge on any atom is -0.497 e. The first-order valence-electron chi connectivity index (χ1n) is 7.67. The largest absolute Gasteiger partial charge is 0.497 e. The zero-order valence-electron chi connectivity index (χ0n) is 13.9. The van der Waals surface area contributed by atoms with Gasteiger partial charge in [0.25, 0.3) is 0 Å². The van der Waals surface area contributed by atoms with E-state index >= 15 is 0 Å². The maximum Gasteiger partial charge on any atom is 0.214 e. The highest BCUT2D eigenvalue weighted by atomic mass is 28.4. The van der Waals surface area contributed by atoms with E-state index in [0.717, 1.165) is 30.2 Å². The number of ether oxygens (including phenoxy) is 1. The fourth-order valence-electron chi connectivity index (χ4n) is 2.42. The molecule has 0 aliphatic rings. The second kappa shape index (κ2) is 8.20. The van der Waals surface area contributed by atoms with Gasteiger partial charge in [-0.1, -0.05) is 37.6 Å². The van der Waals surface area contributed by atoms with E-state index in [1.165, 1.54) is 11.1 Å². The minimum atomic E-state index is -2.36. The standard InChI is InChI=1S/C18H28O2Si/c1-6-8-10-17(18(9-7-2)21(4,5)19)15-11-13-16(20-3)14-12-15/h7,9,11-14,19H,6,8,10H2,1-5H3/b9-7-,18-17-. The van der Waals surface area contributed by atoms with E-state index in [1.54, 1.807) is 7.11 Å². The zero-order chi connectivity index (χ0) is 15.9. The highest BCUT2D eigenvalue weighted by Gasteiger charge is 2.25. The van der Waals surface area contributed by atoms with E-state index in [1.807, 2.05) is 38.2 Å². The normalized spacial score (nSPS) is 13.4. The first-order chi connectivity index (χ1) is 9.93. The Hall–Kier alpha value is -1.32. The van der Waals surface area contributed by atoms with Gasteiger partial charge in [-0.15, -0.1) is 0 Å². The summed E-state index contributed by atoms with van der Waals surface area (Å²) in [7, 11) is -0.685. The molecule has 2 nitrogen and oxygen atoms in total. The van der Waals surface area contributed by atoms with Gasteiger partial charge < -0.3 is 9.53 Å². The van der Waals surface area contributed by atoms with Gasteiger partial charge in [0.05, 0.1) is 7.11 Å². The van der Waals surface area contributed by atoms with E-state index in [9.17, 15) is 4.80 Å². The average Bonchev–Trinajstić information content (AvgIpc) is 2.46. The van der Waals surface area contributed by atoms with Crippen molar-refractivity contribution in [3.05, 3.63) is 47.2 Å². The lowest BCUT2D eigenvalue weighted by Crippen LogP contribution is -2.29. The Morgan fingerprint density at radius 2 is 1.86 bits per heavy atom. The summed E-state index contributed by atoms with van der Waals surface area (Å²) in [6.07, 6.45) is 7.39. The topological polar surface area (TPSA) is 29.5 Å². The molecule has 116 valence electrons. The van der Waals surface area contributed by atoms with Gasteiger partial charge in [-0.2, -0.15) is 0 Å². The van der Waals surface area contributed by atoms with Crippen LogP contribution in [0.3, 0.4) is 0 Å². The molecule has 0 saturated heterocycles. The Bertz CT molecular complexity index is 493.